The molecule has 2 amide bonds. The first kappa shape index (κ1) is 14.5. The summed E-state index contributed by atoms with van der Waals surface area (Å²) in [5.74, 6) is 0.0554. The van der Waals surface area contributed by atoms with Crippen LogP contribution in [0.25, 0.3) is 0 Å². The zero-order chi connectivity index (χ0) is 13.4. The van der Waals surface area contributed by atoms with Crippen LogP contribution in [0, 0.1) is 5.92 Å². The summed E-state index contributed by atoms with van der Waals surface area (Å²) >= 11 is 0. The molecule has 0 saturated carbocycles. The highest BCUT2D eigenvalue weighted by atomic mass is 16.3. The number of aryl methyl sites for hydroxylation is 1. The summed E-state index contributed by atoms with van der Waals surface area (Å²) < 4.78 is 1.83. The molecule has 1 aromatic rings. The number of amides is 2. The van der Waals surface area contributed by atoms with Crippen LogP contribution in [-0.4, -0.2) is 40.1 Å². The lowest BCUT2D eigenvalue weighted by molar-refractivity contribution is 0.200. The summed E-state index contributed by atoms with van der Waals surface area (Å²) in [6.07, 6.45) is 4.46. The first-order chi connectivity index (χ1) is 8.63. The van der Waals surface area contributed by atoms with Crippen molar-refractivity contribution in [3.63, 3.8) is 0 Å². The van der Waals surface area contributed by atoms with E-state index in [0.29, 0.717) is 6.54 Å². The van der Waals surface area contributed by atoms with Crippen molar-refractivity contribution in [2.24, 2.45) is 5.92 Å². The molecule has 0 saturated heterocycles. The highest BCUT2D eigenvalue weighted by Gasteiger charge is 2.13. The van der Waals surface area contributed by atoms with E-state index in [0.717, 1.165) is 13.0 Å². The Kier molecular flexibility index (Phi) is 6.21. The van der Waals surface area contributed by atoms with Crippen molar-refractivity contribution < 1.29 is 9.90 Å². The van der Waals surface area contributed by atoms with E-state index in [1.807, 2.05) is 30.8 Å². The van der Waals surface area contributed by atoms with Crippen LogP contribution in [0.1, 0.15) is 20.3 Å². The number of aliphatic hydroxyl groups is 1. The topological polar surface area (TPSA) is 79.2 Å². The standard InChI is InChI=1S/C12H22N4O2/c1-10(9-17)11(2)15-12(18)13-5-3-7-16-8-4-6-14-16/h4,6,8,10-11,17H,3,5,7,9H2,1-2H3,(H2,13,15,18). The fourth-order valence-electron chi connectivity index (χ4n) is 1.43. The van der Waals surface area contributed by atoms with E-state index in [4.69, 9.17) is 5.11 Å². The maximum atomic E-state index is 11.5. The molecule has 102 valence electrons. The van der Waals surface area contributed by atoms with Gasteiger partial charge in [0.05, 0.1) is 0 Å². The fraction of sp³-hybridized carbons (Fsp3) is 0.667. The minimum atomic E-state index is -0.191. The number of aliphatic hydroxyl groups excluding tert-OH is 1. The lowest BCUT2D eigenvalue weighted by atomic mass is 10.1. The Morgan fingerprint density at radius 1 is 1.50 bits per heavy atom. The van der Waals surface area contributed by atoms with Crippen molar-refractivity contribution >= 4 is 6.03 Å². The first-order valence-electron chi connectivity index (χ1n) is 6.26. The van der Waals surface area contributed by atoms with Crippen LogP contribution in [0.4, 0.5) is 4.79 Å². The van der Waals surface area contributed by atoms with Crippen LogP contribution in [0.5, 0.6) is 0 Å². The summed E-state index contributed by atoms with van der Waals surface area (Å²) in [6.45, 7) is 5.23. The molecule has 18 heavy (non-hydrogen) atoms. The Hall–Kier alpha value is -1.56. The molecule has 0 radical (unpaired) electrons. The smallest absolute Gasteiger partial charge is 0.315 e. The average Bonchev–Trinajstić information content (AvgIpc) is 2.86. The van der Waals surface area contributed by atoms with Gasteiger partial charge in [-0.2, -0.15) is 5.10 Å². The number of aromatic nitrogens is 2. The Labute approximate surface area is 107 Å². The average molecular weight is 254 g/mol. The number of carbonyl (C=O) groups is 1. The number of urea groups is 1. The number of rotatable bonds is 7. The van der Waals surface area contributed by atoms with E-state index in [1.54, 1.807) is 6.20 Å². The third kappa shape index (κ3) is 5.18. The maximum absolute atomic E-state index is 11.5. The van der Waals surface area contributed by atoms with E-state index in [1.165, 1.54) is 0 Å². The number of nitrogens with zero attached hydrogens (tertiary/aromatic N) is 2. The second-order valence-electron chi connectivity index (χ2n) is 4.47. The van der Waals surface area contributed by atoms with Crippen LogP contribution in [0.15, 0.2) is 18.5 Å². The lowest BCUT2D eigenvalue weighted by Crippen LogP contribution is -2.44. The quantitative estimate of drug-likeness (QED) is 0.623. The van der Waals surface area contributed by atoms with Gasteiger partial charge in [0, 0.05) is 38.1 Å². The van der Waals surface area contributed by atoms with Crippen LogP contribution in [0.3, 0.4) is 0 Å². The number of hydrogen-bond donors (Lipinski definition) is 3. The Bertz CT molecular complexity index is 340. The highest BCUT2D eigenvalue weighted by molar-refractivity contribution is 5.74. The van der Waals surface area contributed by atoms with E-state index in [-0.39, 0.29) is 24.6 Å². The highest BCUT2D eigenvalue weighted by Crippen LogP contribution is 1.99. The molecule has 0 fully saturated rings. The Morgan fingerprint density at radius 2 is 2.28 bits per heavy atom. The van der Waals surface area contributed by atoms with E-state index in [9.17, 15) is 4.79 Å². The Balaban J connectivity index is 2.10. The van der Waals surface area contributed by atoms with Crippen molar-refractivity contribution in [1.82, 2.24) is 20.4 Å². The summed E-state index contributed by atoms with van der Waals surface area (Å²) in [7, 11) is 0. The number of carbonyl (C=O) groups excluding carboxylic acids is 1. The number of nitrogens with one attached hydrogen (secondary N) is 2. The molecule has 0 aliphatic carbocycles. The lowest BCUT2D eigenvalue weighted by Gasteiger charge is -2.19. The molecule has 0 bridgehead atoms. The van der Waals surface area contributed by atoms with Crippen molar-refractivity contribution in [2.45, 2.75) is 32.9 Å². The predicted molar refractivity (Wildman–Crippen MR) is 69.1 cm³/mol. The molecule has 6 heteroatoms. The van der Waals surface area contributed by atoms with Gasteiger partial charge in [-0.1, -0.05) is 6.92 Å². The van der Waals surface area contributed by atoms with Crippen molar-refractivity contribution in [2.75, 3.05) is 13.2 Å². The molecule has 6 nitrogen and oxygen atoms in total. The minimum absolute atomic E-state index is 0.0406. The van der Waals surface area contributed by atoms with E-state index >= 15 is 0 Å². The van der Waals surface area contributed by atoms with Gasteiger partial charge in [-0.25, -0.2) is 4.79 Å². The largest absolute Gasteiger partial charge is 0.396 e. The van der Waals surface area contributed by atoms with E-state index < -0.39 is 0 Å². The van der Waals surface area contributed by atoms with Crippen LogP contribution in [-0.2, 0) is 6.54 Å². The molecular formula is C12H22N4O2. The predicted octanol–water partition coefficient (Wildman–Crippen LogP) is 0.589. The fourth-order valence-corrected chi connectivity index (χ4v) is 1.43. The normalized spacial score (nSPS) is 13.9. The van der Waals surface area contributed by atoms with Gasteiger partial charge in [-0.05, 0) is 25.3 Å². The first-order valence-corrected chi connectivity index (χ1v) is 6.26. The zero-order valence-electron chi connectivity index (χ0n) is 11.0. The molecule has 3 N–H and O–H groups in total. The van der Waals surface area contributed by atoms with Gasteiger partial charge in [-0.15, -0.1) is 0 Å². The van der Waals surface area contributed by atoms with Gasteiger partial charge < -0.3 is 15.7 Å². The molecule has 1 rings (SSSR count). The summed E-state index contributed by atoms with van der Waals surface area (Å²) in [6, 6.07) is 1.64. The molecule has 0 spiro atoms. The third-order valence-electron chi connectivity index (χ3n) is 2.91. The second kappa shape index (κ2) is 7.71. The van der Waals surface area contributed by atoms with Gasteiger partial charge in [0.1, 0.15) is 0 Å². The second-order valence-corrected chi connectivity index (χ2v) is 4.47. The summed E-state index contributed by atoms with van der Waals surface area (Å²) in [4.78, 5) is 11.5. The zero-order valence-corrected chi connectivity index (χ0v) is 11.0. The molecule has 0 aliphatic rings. The molecule has 2 atom stereocenters. The monoisotopic (exact) mass is 254 g/mol. The molecule has 1 heterocycles. The van der Waals surface area contributed by atoms with Crippen molar-refractivity contribution in [3.05, 3.63) is 18.5 Å². The van der Waals surface area contributed by atoms with E-state index in [2.05, 4.69) is 15.7 Å². The van der Waals surface area contributed by atoms with Crippen LogP contribution < -0.4 is 10.6 Å². The van der Waals surface area contributed by atoms with Gasteiger partial charge in [0.25, 0.3) is 0 Å². The van der Waals surface area contributed by atoms with Gasteiger partial charge >= 0.3 is 6.03 Å². The van der Waals surface area contributed by atoms with Crippen molar-refractivity contribution in [3.8, 4) is 0 Å². The molecule has 0 aromatic carbocycles. The van der Waals surface area contributed by atoms with Crippen LogP contribution in [0.2, 0.25) is 0 Å². The minimum Gasteiger partial charge on any atom is -0.396 e. The maximum Gasteiger partial charge on any atom is 0.315 e. The SMILES string of the molecule is CC(CO)C(C)NC(=O)NCCCn1cccn1. The van der Waals surface area contributed by atoms with Gasteiger partial charge in [0.15, 0.2) is 0 Å². The van der Waals surface area contributed by atoms with Gasteiger partial charge in [-0.3, -0.25) is 4.68 Å². The summed E-state index contributed by atoms with van der Waals surface area (Å²) in [5, 5.41) is 18.6. The third-order valence-corrected chi connectivity index (χ3v) is 2.91. The molecule has 1 aromatic heterocycles. The molecular weight excluding hydrogens is 232 g/mol. The van der Waals surface area contributed by atoms with Crippen LogP contribution >= 0.6 is 0 Å². The van der Waals surface area contributed by atoms with Gasteiger partial charge in [0.2, 0.25) is 0 Å². The molecule has 2 unspecified atom stereocenters. The number of hydrogen-bond acceptors (Lipinski definition) is 3. The Morgan fingerprint density at radius 3 is 2.89 bits per heavy atom. The summed E-state index contributed by atoms with van der Waals surface area (Å²) in [5.41, 5.74) is 0. The van der Waals surface area contributed by atoms with Crippen molar-refractivity contribution in [1.29, 1.82) is 0 Å². The molecule has 0 aliphatic heterocycles.